The molecule has 124 valence electrons. The Morgan fingerprint density at radius 2 is 2.14 bits per heavy atom. The van der Waals surface area contributed by atoms with Crippen LogP contribution in [0.5, 0.6) is 0 Å². The minimum atomic E-state index is 0.0978. The molecule has 0 radical (unpaired) electrons. The fourth-order valence-electron chi connectivity index (χ4n) is 3.44. The molecular weight excluding hydrogens is 276 g/mol. The van der Waals surface area contributed by atoms with Crippen LogP contribution in [-0.4, -0.2) is 28.3 Å². The van der Waals surface area contributed by atoms with Gasteiger partial charge in [-0.05, 0) is 45.1 Å². The second kappa shape index (κ2) is 7.27. The maximum Gasteiger partial charge on any atom is 0.224 e. The summed E-state index contributed by atoms with van der Waals surface area (Å²) in [7, 11) is 0. The molecule has 2 rings (SSSR count). The van der Waals surface area contributed by atoms with Gasteiger partial charge < -0.3 is 11.1 Å². The van der Waals surface area contributed by atoms with Crippen LogP contribution in [-0.2, 0) is 17.8 Å². The summed E-state index contributed by atoms with van der Waals surface area (Å²) < 4.78 is 2.03. The van der Waals surface area contributed by atoms with Crippen molar-refractivity contribution in [3.8, 4) is 0 Å². The number of nitrogens with zero attached hydrogens (tertiary/aromatic N) is 2. The fourth-order valence-corrected chi connectivity index (χ4v) is 3.44. The molecule has 0 spiro atoms. The first-order valence-corrected chi connectivity index (χ1v) is 8.44. The van der Waals surface area contributed by atoms with E-state index in [0.717, 1.165) is 42.8 Å². The third-order valence-electron chi connectivity index (χ3n) is 4.71. The monoisotopic (exact) mass is 306 g/mol. The van der Waals surface area contributed by atoms with E-state index < -0.39 is 0 Å². The lowest BCUT2D eigenvalue weighted by Gasteiger charge is -2.19. The molecule has 2 unspecified atom stereocenters. The van der Waals surface area contributed by atoms with Crippen LogP contribution >= 0.6 is 0 Å². The molecule has 1 aromatic heterocycles. The van der Waals surface area contributed by atoms with Gasteiger partial charge in [-0.15, -0.1) is 0 Å². The molecule has 1 heterocycles. The number of hydrogen-bond donors (Lipinski definition) is 2. The Bertz CT molecular complexity index is 521. The second-order valence-electron chi connectivity index (χ2n) is 7.00. The van der Waals surface area contributed by atoms with Gasteiger partial charge in [-0.1, -0.05) is 20.3 Å². The van der Waals surface area contributed by atoms with E-state index in [9.17, 15) is 4.79 Å². The van der Waals surface area contributed by atoms with Crippen molar-refractivity contribution in [1.29, 1.82) is 0 Å². The van der Waals surface area contributed by atoms with Crippen LogP contribution < -0.4 is 11.1 Å². The Morgan fingerprint density at radius 3 is 2.77 bits per heavy atom. The number of nitrogens with one attached hydrogen (secondary N) is 1. The van der Waals surface area contributed by atoms with E-state index in [1.165, 1.54) is 0 Å². The van der Waals surface area contributed by atoms with Crippen LogP contribution in [0, 0.1) is 25.7 Å². The van der Waals surface area contributed by atoms with Crippen LogP contribution in [0.25, 0.3) is 0 Å². The number of hydrogen-bond acceptors (Lipinski definition) is 3. The molecule has 1 aliphatic carbocycles. The summed E-state index contributed by atoms with van der Waals surface area (Å²) in [6.45, 7) is 9.96. The van der Waals surface area contributed by atoms with Crippen LogP contribution in [0.3, 0.4) is 0 Å². The summed E-state index contributed by atoms with van der Waals surface area (Å²) in [5.74, 6) is 1.08. The van der Waals surface area contributed by atoms with E-state index in [0.29, 0.717) is 24.8 Å². The Kier molecular flexibility index (Phi) is 5.62. The van der Waals surface area contributed by atoms with Gasteiger partial charge >= 0.3 is 0 Å². The zero-order chi connectivity index (χ0) is 16.3. The molecule has 5 nitrogen and oxygen atoms in total. The average Bonchev–Trinajstić information content (AvgIpc) is 2.98. The summed E-state index contributed by atoms with van der Waals surface area (Å²) in [5.41, 5.74) is 8.94. The number of aromatic nitrogens is 2. The molecular formula is C17H30N4O. The first kappa shape index (κ1) is 17.0. The number of carbonyl (C=O) groups is 1. The Morgan fingerprint density at radius 1 is 1.41 bits per heavy atom. The van der Waals surface area contributed by atoms with Crippen molar-refractivity contribution in [3.63, 3.8) is 0 Å². The number of amides is 1. The summed E-state index contributed by atoms with van der Waals surface area (Å²) in [4.78, 5) is 12.4. The lowest BCUT2D eigenvalue weighted by atomic mass is 10.0. The van der Waals surface area contributed by atoms with E-state index in [4.69, 9.17) is 5.73 Å². The average molecular weight is 306 g/mol. The van der Waals surface area contributed by atoms with E-state index in [1.807, 2.05) is 11.6 Å². The van der Waals surface area contributed by atoms with Crippen LogP contribution in [0.2, 0.25) is 0 Å². The number of aryl methyl sites for hydroxylation is 1. The maximum absolute atomic E-state index is 12.4. The maximum atomic E-state index is 12.4. The lowest BCUT2D eigenvalue weighted by molar-refractivity contribution is -0.121. The highest BCUT2D eigenvalue weighted by Crippen LogP contribution is 2.25. The van der Waals surface area contributed by atoms with Gasteiger partial charge in [0.15, 0.2) is 0 Å². The highest BCUT2D eigenvalue weighted by Gasteiger charge is 2.27. The predicted molar refractivity (Wildman–Crippen MR) is 88.6 cm³/mol. The molecule has 1 amide bonds. The van der Waals surface area contributed by atoms with Gasteiger partial charge in [-0.25, -0.2) is 0 Å². The summed E-state index contributed by atoms with van der Waals surface area (Å²) in [6.07, 6.45) is 3.77. The lowest BCUT2D eigenvalue weighted by Crippen LogP contribution is -2.40. The first-order chi connectivity index (χ1) is 10.4. The Balaban J connectivity index is 2.01. The van der Waals surface area contributed by atoms with Crippen LogP contribution in [0.1, 0.15) is 50.1 Å². The SMILES string of the molecule is Cc1nn(CC(C)C)c(C)c1CC(=O)NC1CCCC1CN. The molecule has 0 bridgehead atoms. The number of rotatable bonds is 6. The largest absolute Gasteiger partial charge is 0.353 e. The predicted octanol–water partition coefficient (Wildman–Crippen LogP) is 1.94. The quantitative estimate of drug-likeness (QED) is 0.843. The van der Waals surface area contributed by atoms with Gasteiger partial charge in [0.2, 0.25) is 5.91 Å². The van der Waals surface area contributed by atoms with Gasteiger partial charge in [0.05, 0.1) is 12.1 Å². The summed E-state index contributed by atoms with van der Waals surface area (Å²) in [6, 6.07) is 0.254. The highest BCUT2D eigenvalue weighted by atomic mass is 16.1. The van der Waals surface area contributed by atoms with E-state index in [2.05, 4.69) is 31.2 Å². The van der Waals surface area contributed by atoms with Gasteiger partial charge in [0.25, 0.3) is 0 Å². The van der Waals surface area contributed by atoms with Crippen molar-refractivity contribution in [2.75, 3.05) is 6.54 Å². The van der Waals surface area contributed by atoms with E-state index >= 15 is 0 Å². The van der Waals surface area contributed by atoms with Crippen molar-refractivity contribution in [2.24, 2.45) is 17.6 Å². The van der Waals surface area contributed by atoms with Crippen LogP contribution in [0.4, 0.5) is 0 Å². The fraction of sp³-hybridized carbons (Fsp3) is 0.765. The van der Waals surface area contributed by atoms with Crippen molar-refractivity contribution >= 4 is 5.91 Å². The standard InChI is InChI=1S/C17H30N4O/c1-11(2)10-21-13(4)15(12(3)20-21)8-17(22)19-16-7-5-6-14(16)9-18/h11,14,16H,5-10,18H2,1-4H3,(H,19,22). The molecule has 5 heteroatoms. The van der Waals surface area contributed by atoms with E-state index in [1.54, 1.807) is 0 Å². The molecule has 1 fully saturated rings. The highest BCUT2D eigenvalue weighted by molar-refractivity contribution is 5.79. The number of carbonyl (C=O) groups excluding carboxylic acids is 1. The Hall–Kier alpha value is -1.36. The summed E-state index contributed by atoms with van der Waals surface area (Å²) >= 11 is 0. The molecule has 0 saturated heterocycles. The molecule has 0 aromatic carbocycles. The minimum Gasteiger partial charge on any atom is -0.353 e. The topological polar surface area (TPSA) is 72.9 Å². The molecule has 3 N–H and O–H groups in total. The molecule has 1 aromatic rings. The zero-order valence-corrected chi connectivity index (χ0v) is 14.4. The molecule has 1 saturated carbocycles. The minimum absolute atomic E-state index is 0.0978. The molecule has 22 heavy (non-hydrogen) atoms. The van der Waals surface area contributed by atoms with Crippen molar-refractivity contribution in [3.05, 3.63) is 17.0 Å². The first-order valence-electron chi connectivity index (χ1n) is 8.44. The van der Waals surface area contributed by atoms with Gasteiger partial charge in [-0.3, -0.25) is 9.48 Å². The van der Waals surface area contributed by atoms with Crippen molar-refractivity contribution in [1.82, 2.24) is 15.1 Å². The van der Waals surface area contributed by atoms with Crippen LogP contribution in [0.15, 0.2) is 0 Å². The van der Waals surface area contributed by atoms with E-state index in [-0.39, 0.29) is 11.9 Å². The Labute approximate surface area is 133 Å². The third-order valence-corrected chi connectivity index (χ3v) is 4.71. The zero-order valence-electron chi connectivity index (χ0n) is 14.4. The molecule has 0 aliphatic heterocycles. The normalized spacial score (nSPS) is 21.5. The molecule has 2 atom stereocenters. The summed E-state index contributed by atoms with van der Waals surface area (Å²) in [5, 5.41) is 7.76. The van der Waals surface area contributed by atoms with Gasteiger partial charge in [-0.2, -0.15) is 5.10 Å². The van der Waals surface area contributed by atoms with Gasteiger partial charge in [0.1, 0.15) is 0 Å². The third kappa shape index (κ3) is 3.88. The smallest absolute Gasteiger partial charge is 0.224 e. The van der Waals surface area contributed by atoms with Crippen molar-refractivity contribution < 1.29 is 4.79 Å². The van der Waals surface area contributed by atoms with Gasteiger partial charge in [0, 0.05) is 23.8 Å². The second-order valence-corrected chi connectivity index (χ2v) is 7.00. The molecule has 1 aliphatic rings. The number of nitrogens with two attached hydrogens (primary N) is 1. The van der Waals surface area contributed by atoms with Crippen molar-refractivity contribution in [2.45, 2.75) is 66.0 Å².